The normalized spacial score (nSPS) is 19.7. The Labute approximate surface area is 184 Å². The number of halogens is 4. The van der Waals surface area contributed by atoms with E-state index in [2.05, 4.69) is 15.3 Å². The molecule has 0 aliphatic carbocycles. The molecule has 1 N–H and O–H groups in total. The number of nitrogens with zero attached hydrogens (tertiary/aromatic N) is 3. The van der Waals surface area contributed by atoms with Gasteiger partial charge in [0.2, 0.25) is 5.95 Å². The van der Waals surface area contributed by atoms with E-state index in [1.165, 1.54) is 12.1 Å². The van der Waals surface area contributed by atoms with E-state index in [-0.39, 0.29) is 29.6 Å². The number of benzene rings is 2. The van der Waals surface area contributed by atoms with Crippen LogP contribution in [0.25, 0.3) is 0 Å². The summed E-state index contributed by atoms with van der Waals surface area (Å²) >= 11 is 0. The second-order valence-electron chi connectivity index (χ2n) is 8.12. The third kappa shape index (κ3) is 4.91. The molecule has 1 fully saturated rings. The summed E-state index contributed by atoms with van der Waals surface area (Å²) in [6, 6.07) is 16.4. The maximum Gasteiger partial charge on any atom is 0.419 e. The largest absolute Gasteiger partial charge is 0.419 e. The fourth-order valence-corrected chi connectivity index (χ4v) is 4.41. The van der Waals surface area contributed by atoms with Crippen molar-refractivity contribution in [3.8, 4) is 0 Å². The Bertz CT molecular complexity index is 1010. The van der Waals surface area contributed by atoms with Gasteiger partial charge in [-0.3, -0.25) is 0 Å². The molecular formula is C24H24F4N4. The number of nitrogens with one attached hydrogen (secondary N) is 1. The van der Waals surface area contributed by atoms with Gasteiger partial charge < -0.3 is 10.2 Å². The monoisotopic (exact) mass is 444 g/mol. The molecule has 2 heterocycles. The standard InChI is InChI=1S/C24H24F4N4/c1-32(23-30-12-18(13-31-23)24(26,27)28)22(11-16-5-3-2-4-6-16)21-15-29-14-20(21)17-7-9-19(25)10-8-17/h2-10,12-13,20-22,29H,11,14-15H2,1H3. The van der Waals surface area contributed by atoms with Crippen LogP contribution >= 0.6 is 0 Å². The SMILES string of the molecule is CN(c1ncc(C(F)(F)F)cn1)C(Cc1ccccc1)C1CNCC1c1ccc(F)cc1. The lowest BCUT2D eigenvalue weighted by Crippen LogP contribution is -2.43. The minimum absolute atomic E-state index is 0.0841. The molecule has 3 aromatic rings. The first-order valence-corrected chi connectivity index (χ1v) is 10.4. The van der Waals surface area contributed by atoms with E-state index in [1.807, 2.05) is 42.3 Å². The topological polar surface area (TPSA) is 41.1 Å². The lowest BCUT2D eigenvalue weighted by Gasteiger charge is -2.36. The van der Waals surface area contributed by atoms with E-state index in [1.54, 1.807) is 12.1 Å². The molecule has 2 aromatic carbocycles. The molecule has 8 heteroatoms. The molecule has 0 radical (unpaired) electrons. The van der Waals surface area contributed by atoms with Crippen LogP contribution in [-0.2, 0) is 12.6 Å². The van der Waals surface area contributed by atoms with Gasteiger partial charge in [-0.05, 0) is 29.7 Å². The van der Waals surface area contributed by atoms with Gasteiger partial charge in [0.05, 0.1) is 5.56 Å². The zero-order valence-electron chi connectivity index (χ0n) is 17.6. The lowest BCUT2D eigenvalue weighted by molar-refractivity contribution is -0.138. The van der Waals surface area contributed by atoms with Gasteiger partial charge in [-0.1, -0.05) is 42.5 Å². The number of alkyl halides is 3. The molecule has 1 aromatic heterocycles. The van der Waals surface area contributed by atoms with E-state index >= 15 is 0 Å². The quantitative estimate of drug-likeness (QED) is 0.561. The summed E-state index contributed by atoms with van der Waals surface area (Å²) in [5, 5.41) is 3.43. The van der Waals surface area contributed by atoms with E-state index in [9.17, 15) is 17.6 Å². The Kier molecular flexibility index (Phi) is 6.41. The number of aromatic nitrogens is 2. The predicted molar refractivity (Wildman–Crippen MR) is 115 cm³/mol. The molecule has 32 heavy (non-hydrogen) atoms. The van der Waals surface area contributed by atoms with Crippen LogP contribution < -0.4 is 10.2 Å². The second-order valence-corrected chi connectivity index (χ2v) is 8.12. The summed E-state index contributed by atoms with van der Waals surface area (Å²) in [6.07, 6.45) is -2.17. The maximum atomic E-state index is 13.5. The van der Waals surface area contributed by atoms with Crippen molar-refractivity contribution in [2.75, 3.05) is 25.0 Å². The highest BCUT2D eigenvalue weighted by molar-refractivity contribution is 5.35. The number of likely N-dealkylation sites (N-methyl/N-ethyl adjacent to an activating group) is 1. The van der Waals surface area contributed by atoms with Crippen molar-refractivity contribution in [2.24, 2.45) is 5.92 Å². The van der Waals surface area contributed by atoms with Gasteiger partial charge in [0.25, 0.3) is 0 Å². The van der Waals surface area contributed by atoms with Gasteiger partial charge in [-0.15, -0.1) is 0 Å². The highest BCUT2D eigenvalue weighted by Crippen LogP contribution is 2.35. The van der Waals surface area contributed by atoms with Crippen LogP contribution in [-0.4, -0.2) is 36.1 Å². The molecule has 168 valence electrons. The molecule has 0 spiro atoms. The van der Waals surface area contributed by atoms with Crippen LogP contribution in [0.1, 0.15) is 22.6 Å². The third-order valence-electron chi connectivity index (χ3n) is 6.12. The van der Waals surface area contributed by atoms with Crippen LogP contribution in [0.3, 0.4) is 0 Å². The van der Waals surface area contributed by atoms with Gasteiger partial charge in [0, 0.05) is 50.4 Å². The molecule has 4 nitrogen and oxygen atoms in total. The molecule has 0 amide bonds. The molecular weight excluding hydrogens is 420 g/mol. The van der Waals surface area contributed by atoms with Crippen molar-refractivity contribution in [3.05, 3.63) is 89.5 Å². The predicted octanol–water partition coefficient (Wildman–Crippen LogP) is 4.69. The molecule has 0 bridgehead atoms. The highest BCUT2D eigenvalue weighted by atomic mass is 19.4. The zero-order valence-corrected chi connectivity index (χ0v) is 17.6. The summed E-state index contributed by atoms with van der Waals surface area (Å²) in [5.74, 6) is 0.203. The third-order valence-corrected chi connectivity index (χ3v) is 6.12. The van der Waals surface area contributed by atoms with Gasteiger partial charge in [-0.25, -0.2) is 14.4 Å². The van der Waals surface area contributed by atoms with Crippen molar-refractivity contribution < 1.29 is 17.6 Å². The molecule has 1 aliphatic heterocycles. The van der Waals surface area contributed by atoms with E-state index in [4.69, 9.17) is 0 Å². The number of rotatable bonds is 6. The van der Waals surface area contributed by atoms with Crippen molar-refractivity contribution >= 4 is 5.95 Å². The summed E-state index contributed by atoms with van der Waals surface area (Å²) < 4.78 is 52.3. The summed E-state index contributed by atoms with van der Waals surface area (Å²) in [6.45, 7) is 1.47. The van der Waals surface area contributed by atoms with Crippen molar-refractivity contribution in [1.82, 2.24) is 15.3 Å². The summed E-state index contributed by atoms with van der Waals surface area (Å²) in [7, 11) is 1.82. The Hall–Kier alpha value is -3.00. The van der Waals surface area contributed by atoms with Crippen LogP contribution in [0, 0.1) is 11.7 Å². The lowest BCUT2D eigenvalue weighted by atomic mass is 9.81. The van der Waals surface area contributed by atoms with E-state index in [0.29, 0.717) is 6.42 Å². The summed E-state index contributed by atoms with van der Waals surface area (Å²) in [4.78, 5) is 9.89. The van der Waals surface area contributed by atoms with Crippen LogP contribution in [0.15, 0.2) is 67.0 Å². The molecule has 4 rings (SSSR count). The van der Waals surface area contributed by atoms with E-state index < -0.39 is 11.7 Å². The zero-order chi connectivity index (χ0) is 22.7. The first-order valence-electron chi connectivity index (χ1n) is 10.4. The van der Waals surface area contributed by atoms with Crippen molar-refractivity contribution in [2.45, 2.75) is 24.6 Å². The minimum Gasteiger partial charge on any atom is -0.340 e. The Morgan fingerprint density at radius 3 is 2.28 bits per heavy atom. The molecule has 3 unspecified atom stereocenters. The second kappa shape index (κ2) is 9.24. The van der Waals surface area contributed by atoms with Gasteiger partial charge in [-0.2, -0.15) is 13.2 Å². The van der Waals surface area contributed by atoms with Crippen molar-refractivity contribution in [1.29, 1.82) is 0 Å². The van der Waals surface area contributed by atoms with Crippen molar-refractivity contribution in [3.63, 3.8) is 0 Å². The molecule has 1 aliphatic rings. The van der Waals surface area contributed by atoms with Gasteiger partial charge >= 0.3 is 6.18 Å². The number of hydrogen-bond donors (Lipinski definition) is 1. The Balaban J connectivity index is 1.65. The van der Waals surface area contributed by atoms with Crippen LogP contribution in [0.4, 0.5) is 23.5 Å². The van der Waals surface area contributed by atoms with E-state index in [0.717, 1.165) is 36.6 Å². The average Bonchev–Trinajstić information content (AvgIpc) is 3.27. The fourth-order valence-electron chi connectivity index (χ4n) is 4.41. The maximum absolute atomic E-state index is 13.5. The molecule has 1 saturated heterocycles. The van der Waals surface area contributed by atoms with Gasteiger partial charge in [0.15, 0.2) is 0 Å². The number of hydrogen-bond acceptors (Lipinski definition) is 4. The summed E-state index contributed by atoms with van der Waals surface area (Å²) in [5.41, 5.74) is 1.27. The minimum atomic E-state index is -4.48. The van der Waals surface area contributed by atoms with Gasteiger partial charge in [0.1, 0.15) is 5.82 Å². The average molecular weight is 444 g/mol. The molecule has 3 atom stereocenters. The van der Waals surface area contributed by atoms with Crippen LogP contribution in [0.5, 0.6) is 0 Å². The van der Waals surface area contributed by atoms with Crippen LogP contribution in [0.2, 0.25) is 0 Å². The Morgan fingerprint density at radius 2 is 1.66 bits per heavy atom. The fraction of sp³-hybridized carbons (Fsp3) is 0.333. The first-order chi connectivity index (χ1) is 15.3. The Morgan fingerprint density at radius 1 is 1.00 bits per heavy atom. The smallest absolute Gasteiger partial charge is 0.340 e. The highest BCUT2D eigenvalue weighted by Gasteiger charge is 2.38. The number of anilines is 1. The first kappa shape index (κ1) is 22.2. The molecule has 0 saturated carbocycles.